The molecule has 64 valence electrons. The summed E-state index contributed by atoms with van der Waals surface area (Å²) in [6.07, 6.45) is 4.01. The Balaban J connectivity index is 1.94. The van der Waals surface area contributed by atoms with Crippen LogP contribution in [0.3, 0.4) is 0 Å². The highest BCUT2D eigenvalue weighted by Crippen LogP contribution is 2.37. The third-order valence-electron chi connectivity index (χ3n) is 2.93. The van der Waals surface area contributed by atoms with E-state index in [2.05, 4.69) is 0 Å². The van der Waals surface area contributed by atoms with Crippen LogP contribution in [0.5, 0.6) is 0 Å². The van der Waals surface area contributed by atoms with Crippen LogP contribution in [0.15, 0.2) is 0 Å². The third-order valence-corrected chi connectivity index (χ3v) is 3.36. The third kappa shape index (κ3) is 1.70. The number of hydrogen-bond donors (Lipinski definition) is 0. The summed E-state index contributed by atoms with van der Waals surface area (Å²) in [4.78, 5) is 0. The van der Waals surface area contributed by atoms with Crippen LogP contribution in [0.25, 0.3) is 0 Å². The number of halogens is 1. The second kappa shape index (κ2) is 3.32. The predicted octanol–water partition coefficient (Wildman–Crippen LogP) is 2.29. The van der Waals surface area contributed by atoms with Gasteiger partial charge in [-0.15, -0.1) is 11.6 Å². The minimum atomic E-state index is 0.782. The Hall–Kier alpha value is 0.250. The van der Waals surface area contributed by atoms with Gasteiger partial charge in [0.2, 0.25) is 0 Å². The summed E-state index contributed by atoms with van der Waals surface area (Å²) in [6, 6.07) is 0. The Morgan fingerprint density at radius 3 is 2.27 bits per heavy atom. The molecule has 0 N–H and O–H groups in total. The smallest absolute Gasteiger partial charge is 0.0494 e. The van der Waals surface area contributed by atoms with Gasteiger partial charge >= 0.3 is 0 Å². The molecular weight excluding hydrogens is 160 g/mol. The highest BCUT2D eigenvalue weighted by atomic mass is 35.5. The molecule has 3 atom stereocenters. The van der Waals surface area contributed by atoms with Crippen LogP contribution in [0.2, 0.25) is 0 Å². The van der Waals surface area contributed by atoms with E-state index >= 15 is 0 Å². The van der Waals surface area contributed by atoms with E-state index in [0.29, 0.717) is 0 Å². The van der Waals surface area contributed by atoms with Gasteiger partial charge in [0.15, 0.2) is 0 Å². The Bertz CT molecular complexity index is 126. The number of hydrogen-bond acceptors (Lipinski definition) is 1. The van der Waals surface area contributed by atoms with Gasteiger partial charge < -0.3 is 4.74 Å². The molecule has 1 aliphatic carbocycles. The van der Waals surface area contributed by atoms with Crippen molar-refractivity contribution < 1.29 is 4.74 Å². The first-order valence-corrected chi connectivity index (χ1v) is 5.05. The van der Waals surface area contributed by atoms with Gasteiger partial charge in [0.05, 0.1) is 0 Å². The lowest BCUT2D eigenvalue weighted by molar-refractivity contribution is -0.0233. The summed E-state index contributed by atoms with van der Waals surface area (Å²) in [5, 5.41) is 0. The fourth-order valence-corrected chi connectivity index (χ4v) is 2.75. The first kappa shape index (κ1) is 7.88. The van der Waals surface area contributed by atoms with Crippen molar-refractivity contribution >= 4 is 11.6 Å². The van der Waals surface area contributed by atoms with Gasteiger partial charge in [-0.05, 0) is 37.0 Å². The summed E-state index contributed by atoms with van der Waals surface area (Å²) in [7, 11) is 0. The first-order valence-electron chi connectivity index (χ1n) is 4.52. The maximum absolute atomic E-state index is 5.85. The molecule has 0 aromatic rings. The molecule has 2 fully saturated rings. The average molecular weight is 175 g/mol. The molecule has 1 aliphatic heterocycles. The molecule has 1 saturated heterocycles. The van der Waals surface area contributed by atoms with Crippen molar-refractivity contribution in [1.29, 1.82) is 0 Å². The molecule has 0 spiro atoms. The Kier molecular flexibility index (Phi) is 2.38. The predicted molar refractivity (Wildman–Crippen MR) is 45.9 cm³/mol. The Morgan fingerprint density at radius 2 is 1.73 bits per heavy atom. The van der Waals surface area contributed by atoms with Gasteiger partial charge in [-0.2, -0.15) is 0 Å². The van der Waals surface area contributed by atoms with Gasteiger partial charge in [0, 0.05) is 19.1 Å². The van der Waals surface area contributed by atoms with E-state index in [4.69, 9.17) is 16.3 Å². The summed E-state index contributed by atoms with van der Waals surface area (Å²) in [5.74, 6) is 3.29. The lowest BCUT2D eigenvalue weighted by Crippen LogP contribution is -2.34. The van der Waals surface area contributed by atoms with E-state index < -0.39 is 0 Å². The van der Waals surface area contributed by atoms with Crippen LogP contribution in [0, 0.1) is 17.8 Å². The SMILES string of the molecule is ClCC1C[C@H]2COC[C@@H](C1)C2. The highest BCUT2D eigenvalue weighted by molar-refractivity contribution is 6.18. The van der Waals surface area contributed by atoms with E-state index in [0.717, 1.165) is 36.8 Å². The molecule has 11 heavy (non-hydrogen) atoms. The lowest BCUT2D eigenvalue weighted by atomic mass is 9.75. The van der Waals surface area contributed by atoms with Gasteiger partial charge in [0.25, 0.3) is 0 Å². The van der Waals surface area contributed by atoms with Crippen LogP contribution in [-0.2, 0) is 4.74 Å². The molecule has 2 bridgehead atoms. The molecule has 0 amide bonds. The minimum absolute atomic E-state index is 0.782. The van der Waals surface area contributed by atoms with Crippen molar-refractivity contribution in [3.8, 4) is 0 Å². The maximum Gasteiger partial charge on any atom is 0.0494 e. The minimum Gasteiger partial charge on any atom is -0.381 e. The highest BCUT2D eigenvalue weighted by Gasteiger charge is 2.31. The fourth-order valence-electron chi connectivity index (χ4n) is 2.50. The summed E-state index contributed by atoms with van der Waals surface area (Å²) in [5.41, 5.74) is 0. The second-order valence-electron chi connectivity index (χ2n) is 4.00. The Morgan fingerprint density at radius 1 is 1.09 bits per heavy atom. The monoisotopic (exact) mass is 174 g/mol. The van der Waals surface area contributed by atoms with Crippen molar-refractivity contribution in [3.05, 3.63) is 0 Å². The summed E-state index contributed by atoms with van der Waals surface area (Å²) >= 11 is 5.85. The van der Waals surface area contributed by atoms with E-state index in [1.165, 1.54) is 19.3 Å². The largest absolute Gasteiger partial charge is 0.381 e. The maximum atomic E-state index is 5.85. The number of alkyl halides is 1. The van der Waals surface area contributed by atoms with Crippen LogP contribution in [-0.4, -0.2) is 19.1 Å². The Labute approximate surface area is 73.1 Å². The van der Waals surface area contributed by atoms with Crippen LogP contribution in [0.1, 0.15) is 19.3 Å². The average Bonchev–Trinajstić information content (AvgIpc) is 2.03. The molecule has 2 rings (SSSR count). The van der Waals surface area contributed by atoms with Crippen LogP contribution in [0.4, 0.5) is 0 Å². The van der Waals surface area contributed by atoms with Gasteiger partial charge in [0.1, 0.15) is 0 Å². The van der Waals surface area contributed by atoms with Crippen molar-refractivity contribution in [2.24, 2.45) is 17.8 Å². The fraction of sp³-hybridized carbons (Fsp3) is 1.00. The normalized spacial score (nSPS) is 43.9. The zero-order valence-corrected chi connectivity index (χ0v) is 7.52. The lowest BCUT2D eigenvalue weighted by Gasteiger charge is -2.38. The van der Waals surface area contributed by atoms with Crippen molar-refractivity contribution in [3.63, 3.8) is 0 Å². The molecule has 1 saturated carbocycles. The van der Waals surface area contributed by atoms with Gasteiger partial charge in [-0.1, -0.05) is 0 Å². The van der Waals surface area contributed by atoms with E-state index in [1.54, 1.807) is 0 Å². The molecule has 0 radical (unpaired) electrons. The van der Waals surface area contributed by atoms with Crippen LogP contribution < -0.4 is 0 Å². The second-order valence-corrected chi connectivity index (χ2v) is 4.31. The molecule has 0 aromatic heterocycles. The summed E-state index contributed by atoms with van der Waals surface area (Å²) in [6.45, 7) is 1.98. The molecule has 2 heteroatoms. The topological polar surface area (TPSA) is 9.23 Å². The van der Waals surface area contributed by atoms with Crippen LogP contribution >= 0.6 is 11.6 Å². The summed E-state index contributed by atoms with van der Waals surface area (Å²) < 4.78 is 5.49. The molecular formula is C9H15ClO. The first-order chi connectivity index (χ1) is 5.38. The van der Waals surface area contributed by atoms with Crippen molar-refractivity contribution in [1.82, 2.24) is 0 Å². The zero-order valence-electron chi connectivity index (χ0n) is 6.76. The van der Waals surface area contributed by atoms with Crippen molar-refractivity contribution in [2.45, 2.75) is 19.3 Å². The van der Waals surface area contributed by atoms with E-state index in [9.17, 15) is 0 Å². The van der Waals surface area contributed by atoms with E-state index in [1.807, 2.05) is 0 Å². The van der Waals surface area contributed by atoms with E-state index in [-0.39, 0.29) is 0 Å². The molecule has 0 aromatic carbocycles. The van der Waals surface area contributed by atoms with Crippen molar-refractivity contribution in [2.75, 3.05) is 19.1 Å². The molecule has 2 aliphatic rings. The van der Waals surface area contributed by atoms with Gasteiger partial charge in [-0.25, -0.2) is 0 Å². The number of fused-ring (bicyclic) bond motifs is 2. The molecule has 1 heterocycles. The number of ether oxygens (including phenoxy) is 1. The quantitative estimate of drug-likeness (QED) is 0.555. The van der Waals surface area contributed by atoms with Gasteiger partial charge in [-0.3, -0.25) is 0 Å². The molecule has 1 nitrogen and oxygen atoms in total. The molecule has 1 unspecified atom stereocenters. The number of rotatable bonds is 1. The zero-order chi connectivity index (χ0) is 7.68. The standard InChI is InChI=1S/C9H15ClO/c10-4-7-1-8-3-9(2-7)6-11-5-8/h7-9H,1-6H2/t7?,8-,9+.